The van der Waals surface area contributed by atoms with Gasteiger partial charge in [0.15, 0.2) is 5.13 Å². The van der Waals surface area contributed by atoms with Gasteiger partial charge < -0.3 is 10.6 Å². The highest BCUT2D eigenvalue weighted by Crippen LogP contribution is 2.28. The third-order valence-corrected chi connectivity index (χ3v) is 4.61. The molecule has 1 atom stereocenters. The van der Waals surface area contributed by atoms with E-state index in [1.54, 1.807) is 11.3 Å². The molecule has 1 aliphatic carbocycles. The van der Waals surface area contributed by atoms with Gasteiger partial charge in [-0.2, -0.15) is 0 Å². The number of rotatable bonds is 4. The van der Waals surface area contributed by atoms with Crippen LogP contribution in [-0.4, -0.2) is 24.5 Å². The van der Waals surface area contributed by atoms with Crippen LogP contribution in [-0.2, 0) is 17.6 Å². The maximum absolute atomic E-state index is 12.0. The lowest BCUT2D eigenvalue weighted by atomic mass is 10.0. The fourth-order valence-corrected chi connectivity index (χ4v) is 3.44. The molecule has 1 unspecified atom stereocenters. The van der Waals surface area contributed by atoms with Gasteiger partial charge in [0, 0.05) is 17.3 Å². The Morgan fingerprint density at radius 1 is 1.30 bits per heavy atom. The zero-order valence-corrected chi connectivity index (χ0v) is 13.8. The molecular formula is C14H24ClN3OS. The Labute approximate surface area is 131 Å². The molecule has 1 amide bonds. The van der Waals surface area contributed by atoms with Crippen LogP contribution in [0.15, 0.2) is 0 Å². The Hall–Kier alpha value is -0.650. The van der Waals surface area contributed by atoms with E-state index >= 15 is 0 Å². The van der Waals surface area contributed by atoms with Crippen LogP contribution in [0.5, 0.6) is 0 Å². The summed E-state index contributed by atoms with van der Waals surface area (Å²) in [6.07, 6.45) is 7.28. The van der Waals surface area contributed by atoms with Crippen molar-refractivity contribution in [2.45, 2.75) is 45.4 Å². The van der Waals surface area contributed by atoms with Gasteiger partial charge in [0.2, 0.25) is 5.91 Å². The van der Waals surface area contributed by atoms with Crippen LogP contribution in [0.25, 0.3) is 0 Å². The molecule has 1 heterocycles. The minimum Gasteiger partial charge on any atom is -0.319 e. The summed E-state index contributed by atoms with van der Waals surface area (Å²) < 4.78 is 0. The number of carbonyl (C=O) groups is 1. The van der Waals surface area contributed by atoms with Crippen molar-refractivity contribution in [1.82, 2.24) is 10.3 Å². The lowest BCUT2D eigenvalue weighted by Crippen LogP contribution is -2.28. The van der Waals surface area contributed by atoms with Gasteiger partial charge in [-0.15, -0.1) is 23.7 Å². The van der Waals surface area contributed by atoms with Crippen LogP contribution in [0.3, 0.4) is 0 Å². The quantitative estimate of drug-likeness (QED) is 0.897. The average Bonchev–Trinajstić information content (AvgIpc) is 2.71. The van der Waals surface area contributed by atoms with Crippen molar-refractivity contribution < 1.29 is 4.79 Å². The van der Waals surface area contributed by atoms with Crippen LogP contribution in [0, 0.1) is 5.92 Å². The molecule has 6 heteroatoms. The van der Waals surface area contributed by atoms with E-state index in [0.717, 1.165) is 18.0 Å². The second-order valence-electron chi connectivity index (χ2n) is 5.25. The summed E-state index contributed by atoms with van der Waals surface area (Å²) in [6, 6.07) is 0. The molecule has 114 valence electrons. The second kappa shape index (κ2) is 8.60. The number of fused-ring (bicyclic) bond motifs is 1. The molecule has 0 fully saturated rings. The van der Waals surface area contributed by atoms with E-state index < -0.39 is 0 Å². The Morgan fingerprint density at radius 3 is 2.70 bits per heavy atom. The van der Waals surface area contributed by atoms with Crippen molar-refractivity contribution in [3.8, 4) is 0 Å². The minimum absolute atomic E-state index is 0. The second-order valence-corrected chi connectivity index (χ2v) is 6.33. The lowest BCUT2D eigenvalue weighted by Gasteiger charge is -2.09. The topological polar surface area (TPSA) is 54.0 Å². The summed E-state index contributed by atoms with van der Waals surface area (Å²) in [6.45, 7) is 2.62. The monoisotopic (exact) mass is 317 g/mol. The number of aromatic nitrogens is 1. The molecule has 4 nitrogen and oxygen atoms in total. The summed E-state index contributed by atoms with van der Waals surface area (Å²) in [7, 11) is 1.86. The Bertz CT molecular complexity index is 411. The van der Waals surface area contributed by atoms with E-state index in [1.807, 2.05) is 14.0 Å². The molecule has 0 saturated carbocycles. The van der Waals surface area contributed by atoms with E-state index in [1.165, 1.54) is 36.3 Å². The smallest absolute Gasteiger partial charge is 0.230 e. The van der Waals surface area contributed by atoms with Crippen LogP contribution in [0.4, 0.5) is 5.13 Å². The van der Waals surface area contributed by atoms with Crippen molar-refractivity contribution >= 4 is 34.8 Å². The van der Waals surface area contributed by atoms with Crippen molar-refractivity contribution in [1.29, 1.82) is 0 Å². The van der Waals surface area contributed by atoms with Gasteiger partial charge >= 0.3 is 0 Å². The van der Waals surface area contributed by atoms with Gasteiger partial charge in [0.1, 0.15) is 0 Å². The van der Waals surface area contributed by atoms with E-state index in [-0.39, 0.29) is 24.2 Å². The molecule has 0 radical (unpaired) electrons. The van der Waals surface area contributed by atoms with Gasteiger partial charge in [-0.05, 0) is 32.7 Å². The van der Waals surface area contributed by atoms with Gasteiger partial charge in [0.05, 0.1) is 5.69 Å². The van der Waals surface area contributed by atoms with E-state index in [0.29, 0.717) is 6.54 Å². The number of anilines is 1. The highest BCUT2D eigenvalue weighted by Gasteiger charge is 2.17. The molecule has 2 N–H and O–H groups in total. The number of hydrogen-bond donors (Lipinski definition) is 2. The summed E-state index contributed by atoms with van der Waals surface area (Å²) in [5.41, 5.74) is 1.21. The molecular weight excluding hydrogens is 294 g/mol. The van der Waals surface area contributed by atoms with Gasteiger partial charge in [0.25, 0.3) is 0 Å². The summed E-state index contributed by atoms with van der Waals surface area (Å²) in [4.78, 5) is 17.9. The fourth-order valence-electron chi connectivity index (χ4n) is 2.39. The molecule has 0 saturated heterocycles. The average molecular weight is 318 g/mol. The first kappa shape index (κ1) is 17.4. The lowest BCUT2D eigenvalue weighted by molar-refractivity contribution is -0.119. The Balaban J connectivity index is 0.00000200. The number of halogens is 1. The molecule has 0 spiro atoms. The van der Waals surface area contributed by atoms with Crippen molar-refractivity contribution in [3.63, 3.8) is 0 Å². The molecule has 1 aliphatic rings. The first-order chi connectivity index (χ1) is 9.20. The maximum atomic E-state index is 12.0. The standard InChI is InChI=1S/C14H23N3OS.ClH/c1-10(9-15-2)13(18)17-14-16-11-7-5-3-4-6-8-12(11)19-14;/h10,15H,3-9H2,1-2H3,(H,16,17,18);1H. The summed E-state index contributed by atoms with van der Waals surface area (Å²) in [5, 5.41) is 6.75. The zero-order chi connectivity index (χ0) is 13.7. The van der Waals surface area contributed by atoms with Crippen molar-refractivity contribution in [2.75, 3.05) is 18.9 Å². The van der Waals surface area contributed by atoms with Gasteiger partial charge in [-0.1, -0.05) is 19.8 Å². The van der Waals surface area contributed by atoms with Gasteiger partial charge in [-0.25, -0.2) is 4.98 Å². The number of amides is 1. The highest BCUT2D eigenvalue weighted by atomic mass is 35.5. The minimum atomic E-state index is -0.0310. The largest absolute Gasteiger partial charge is 0.319 e. The van der Waals surface area contributed by atoms with Crippen molar-refractivity contribution in [3.05, 3.63) is 10.6 Å². The van der Waals surface area contributed by atoms with Crippen LogP contribution in [0.2, 0.25) is 0 Å². The number of hydrogen-bond acceptors (Lipinski definition) is 4. The molecule has 2 rings (SSSR count). The van der Waals surface area contributed by atoms with Crippen molar-refractivity contribution in [2.24, 2.45) is 5.92 Å². The van der Waals surface area contributed by atoms with Crippen LogP contribution >= 0.6 is 23.7 Å². The molecule has 1 aromatic rings. The van der Waals surface area contributed by atoms with Gasteiger partial charge in [-0.3, -0.25) is 4.79 Å². The normalized spacial score (nSPS) is 16.3. The Kier molecular flexibility index (Phi) is 7.48. The number of aryl methyl sites for hydroxylation is 2. The first-order valence-electron chi connectivity index (χ1n) is 7.14. The molecule has 1 aromatic heterocycles. The molecule has 0 aliphatic heterocycles. The first-order valence-corrected chi connectivity index (χ1v) is 7.96. The fraction of sp³-hybridized carbons (Fsp3) is 0.714. The van der Waals surface area contributed by atoms with Crippen LogP contribution < -0.4 is 10.6 Å². The predicted molar refractivity (Wildman–Crippen MR) is 87.0 cm³/mol. The predicted octanol–water partition coefficient (Wildman–Crippen LogP) is 3.02. The third-order valence-electron chi connectivity index (χ3n) is 3.53. The number of nitrogens with one attached hydrogen (secondary N) is 2. The maximum Gasteiger partial charge on any atom is 0.230 e. The molecule has 0 aromatic carbocycles. The molecule has 0 bridgehead atoms. The van der Waals surface area contributed by atoms with Crippen LogP contribution in [0.1, 0.15) is 43.2 Å². The van der Waals surface area contributed by atoms with E-state index in [9.17, 15) is 4.79 Å². The Morgan fingerprint density at radius 2 is 2.00 bits per heavy atom. The third kappa shape index (κ3) is 4.72. The number of nitrogens with zero attached hydrogens (tertiary/aromatic N) is 1. The molecule has 20 heavy (non-hydrogen) atoms. The number of thiazole rings is 1. The number of carbonyl (C=O) groups excluding carboxylic acids is 1. The summed E-state index contributed by atoms with van der Waals surface area (Å²) >= 11 is 1.66. The van der Waals surface area contributed by atoms with E-state index in [4.69, 9.17) is 0 Å². The summed E-state index contributed by atoms with van der Waals surface area (Å²) in [5.74, 6) is 0.0209. The zero-order valence-electron chi connectivity index (χ0n) is 12.2. The highest BCUT2D eigenvalue weighted by molar-refractivity contribution is 7.15. The van der Waals surface area contributed by atoms with E-state index in [2.05, 4.69) is 15.6 Å². The SMILES string of the molecule is CNCC(C)C(=O)Nc1nc2c(s1)CCCCCC2.Cl.